The molecule has 0 spiro atoms. The minimum absolute atomic E-state index is 0.0124. The van der Waals surface area contributed by atoms with Crippen LogP contribution in [0.5, 0.6) is 5.75 Å². The van der Waals surface area contributed by atoms with Crippen LogP contribution < -0.4 is 4.74 Å². The highest BCUT2D eigenvalue weighted by molar-refractivity contribution is 5.79. The van der Waals surface area contributed by atoms with E-state index in [2.05, 4.69) is 4.90 Å². The third-order valence-electron chi connectivity index (χ3n) is 6.55. The highest BCUT2D eigenvalue weighted by Gasteiger charge is 2.38. The van der Waals surface area contributed by atoms with Gasteiger partial charge in [-0.1, -0.05) is 30.3 Å². The first kappa shape index (κ1) is 23.6. The van der Waals surface area contributed by atoms with Crippen LogP contribution in [0.25, 0.3) is 0 Å². The van der Waals surface area contributed by atoms with E-state index in [1.165, 1.54) is 12.1 Å². The summed E-state index contributed by atoms with van der Waals surface area (Å²) in [6, 6.07) is 12.9. The monoisotopic (exact) mass is 462 g/mol. The molecule has 2 heterocycles. The van der Waals surface area contributed by atoms with Gasteiger partial charge in [-0.2, -0.15) is 13.2 Å². The second kappa shape index (κ2) is 10.1. The molecule has 0 saturated carbocycles. The number of carbonyl (C=O) groups excluding carboxylic acids is 1. The van der Waals surface area contributed by atoms with E-state index in [0.717, 1.165) is 37.0 Å². The van der Waals surface area contributed by atoms with Crippen molar-refractivity contribution in [3.8, 4) is 5.75 Å². The van der Waals surface area contributed by atoms with Crippen LogP contribution in [0.15, 0.2) is 48.5 Å². The molecule has 2 fully saturated rings. The summed E-state index contributed by atoms with van der Waals surface area (Å²) in [6.07, 6.45) is -4.14. The van der Waals surface area contributed by atoms with Crippen LogP contribution in [-0.2, 0) is 22.1 Å². The Morgan fingerprint density at radius 1 is 1.09 bits per heavy atom. The zero-order valence-electron chi connectivity index (χ0n) is 18.7. The molecule has 8 heteroatoms. The summed E-state index contributed by atoms with van der Waals surface area (Å²) < 4.78 is 50.6. The number of hydrogen-bond acceptors (Lipinski definition) is 4. The second-order valence-corrected chi connectivity index (χ2v) is 8.73. The smallest absolute Gasteiger partial charge is 0.416 e. The summed E-state index contributed by atoms with van der Waals surface area (Å²) >= 11 is 0. The molecule has 0 aromatic heterocycles. The van der Waals surface area contributed by atoms with Crippen LogP contribution >= 0.6 is 0 Å². The molecule has 0 bridgehead atoms. The van der Waals surface area contributed by atoms with Gasteiger partial charge in [-0.3, -0.25) is 9.69 Å². The average Bonchev–Trinajstić information content (AvgIpc) is 3.24. The third kappa shape index (κ3) is 5.86. The molecule has 0 unspecified atom stereocenters. The maximum atomic E-state index is 13.3. The lowest BCUT2D eigenvalue weighted by molar-refractivity contribution is -0.137. The number of benzene rings is 2. The molecule has 0 aliphatic carbocycles. The van der Waals surface area contributed by atoms with Crippen LogP contribution in [0.4, 0.5) is 13.2 Å². The summed E-state index contributed by atoms with van der Waals surface area (Å²) in [5, 5.41) is 0. The van der Waals surface area contributed by atoms with Crippen molar-refractivity contribution in [2.75, 3.05) is 53.0 Å². The maximum Gasteiger partial charge on any atom is 0.416 e. The van der Waals surface area contributed by atoms with Crippen molar-refractivity contribution in [1.82, 2.24) is 9.80 Å². The summed E-state index contributed by atoms with van der Waals surface area (Å²) in [5.41, 5.74) is 0.879. The van der Waals surface area contributed by atoms with Crippen molar-refractivity contribution >= 4 is 5.91 Å². The van der Waals surface area contributed by atoms with Crippen molar-refractivity contribution in [1.29, 1.82) is 0 Å². The lowest BCUT2D eigenvalue weighted by Crippen LogP contribution is -2.41. The van der Waals surface area contributed by atoms with Gasteiger partial charge in [-0.25, -0.2) is 0 Å². The average molecular weight is 463 g/mol. The Morgan fingerprint density at radius 2 is 1.82 bits per heavy atom. The van der Waals surface area contributed by atoms with E-state index >= 15 is 0 Å². The Morgan fingerprint density at radius 3 is 2.48 bits per heavy atom. The quantitative estimate of drug-likeness (QED) is 0.655. The Kier molecular flexibility index (Phi) is 7.24. The molecule has 0 radical (unpaired) electrons. The predicted molar refractivity (Wildman–Crippen MR) is 118 cm³/mol. The number of alkyl halides is 3. The first-order valence-corrected chi connectivity index (χ1v) is 11.2. The Hall–Kier alpha value is -2.58. The number of halogens is 3. The van der Waals surface area contributed by atoms with E-state index in [4.69, 9.17) is 9.47 Å². The zero-order chi connectivity index (χ0) is 23.4. The molecule has 2 aromatic carbocycles. The summed E-state index contributed by atoms with van der Waals surface area (Å²) in [5.74, 6) is 0.630. The molecular weight excluding hydrogens is 433 g/mol. The van der Waals surface area contributed by atoms with Crippen molar-refractivity contribution < 1.29 is 27.4 Å². The second-order valence-electron chi connectivity index (χ2n) is 8.73. The predicted octanol–water partition coefficient (Wildman–Crippen LogP) is 3.83. The fourth-order valence-electron chi connectivity index (χ4n) is 4.73. The van der Waals surface area contributed by atoms with Crippen LogP contribution in [-0.4, -0.2) is 68.8 Å². The molecule has 33 heavy (non-hydrogen) atoms. The van der Waals surface area contributed by atoms with Crippen LogP contribution in [0.3, 0.4) is 0 Å². The van der Waals surface area contributed by atoms with Gasteiger partial charge in [0, 0.05) is 38.6 Å². The molecule has 2 aromatic rings. The van der Waals surface area contributed by atoms with E-state index in [1.54, 1.807) is 18.1 Å². The molecule has 5 nitrogen and oxygen atoms in total. The SMILES string of the molecule is COc1ccc(CC(=O)N2C[C@H](CN3CCOCC3)[C@@H](c3cccc(C(F)(F)F)c3)C2)cc1. The highest BCUT2D eigenvalue weighted by atomic mass is 19.4. The highest BCUT2D eigenvalue weighted by Crippen LogP contribution is 2.37. The van der Waals surface area contributed by atoms with Gasteiger partial charge in [-0.15, -0.1) is 0 Å². The van der Waals surface area contributed by atoms with Gasteiger partial charge in [-0.05, 0) is 35.2 Å². The van der Waals surface area contributed by atoms with Gasteiger partial charge in [0.15, 0.2) is 0 Å². The number of hydrogen-bond donors (Lipinski definition) is 0. The molecule has 2 aliphatic rings. The molecular formula is C25H29F3N2O3. The third-order valence-corrected chi connectivity index (χ3v) is 6.55. The van der Waals surface area contributed by atoms with Crippen molar-refractivity contribution in [3.63, 3.8) is 0 Å². The van der Waals surface area contributed by atoms with Gasteiger partial charge < -0.3 is 14.4 Å². The number of carbonyl (C=O) groups is 1. The maximum absolute atomic E-state index is 13.3. The largest absolute Gasteiger partial charge is 0.497 e. The fraction of sp³-hybridized carbons (Fsp3) is 0.480. The molecule has 4 rings (SSSR count). The van der Waals surface area contributed by atoms with E-state index in [1.807, 2.05) is 24.3 Å². The molecule has 2 atom stereocenters. The van der Waals surface area contributed by atoms with Gasteiger partial charge >= 0.3 is 6.18 Å². The number of rotatable bonds is 6. The standard InChI is InChI=1S/C25H29F3N2O3/c1-32-22-7-5-18(6-8-22)13-24(31)30-16-20(15-29-9-11-33-12-10-29)23(17-30)19-3-2-4-21(14-19)25(26,27)28/h2-8,14,20,23H,9-13,15-17H2,1H3/t20-,23+/m0/s1. The Bertz CT molecular complexity index is 943. The van der Waals surface area contributed by atoms with Crippen molar-refractivity contribution in [2.24, 2.45) is 5.92 Å². The number of amides is 1. The minimum atomic E-state index is -4.39. The van der Waals surface area contributed by atoms with Crippen LogP contribution in [0.2, 0.25) is 0 Å². The molecule has 178 valence electrons. The lowest BCUT2D eigenvalue weighted by Gasteiger charge is -2.31. The Balaban J connectivity index is 1.52. The number of likely N-dealkylation sites (tertiary alicyclic amines) is 1. The number of nitrogens with zero attached hydrogens (tertiary/aromatic N) is 2. The van der Waals surface area contributed by atoms with E-state index in [9.17, 15) is 18.0 Å². The Labute approximate surface area is 192 Å². The first-order chi connectivity index (χ1) is 15.8. The van der Waals surface area contributed by atoms with Gasteiger partial charge in [0.1, 0.15) is 5.75 Å². The van der Waals surface area contributed by atoms with Crippen LogP contribution in [0, 0.1) is 5.92 Å². The summed E-state index contributed by atoms with van der Waals surface area (Å²) in [7, 11) is 1.59. The zero-order valence-corrected chi connectivity index (χ0v) is 18.7. The van der Waals surface area contributed by atoms with Crippen molar-refractivity contribution in [3.05, 3.63) is 65.2 Å². The number of morpholine rings is 1. The topological polar surface area (TPSA) is 42.0 Å². The summed E-state index contributed by atoms with van der Waals surface area (Å²) in [4.78, 5) is 17.2. The van der Waals surface area contributed by atoms with Gasteiger partial charge in [0.05, 0.1) is 32.3 Å². The molecule has 2 saturated heterocycles. The van der Waals surface area contributed by atoms with E-state index in [-0.39, 0.29) is 24.2 Å². The molecule has 0 N–H and O–H groups in total. The van der Waals surface area contributed by atoms with E-state index in [0.29, 0.717) is 31.9 Å². The van der Waals surface area contributed by atoms with Crippen molar-refractivity contribution in [2.45, 2.75) is 18.5 Å². The molecule has 2 aliphatic heterocycles. The van der Waals surface area contributed by atoms with Crippen LogP contribution in [0.1, 0.15) is 22.6 Å². The van der Waals surface area contributed by atoms with E-state index < -0.39 is 11.7 Å². The number of methoxy groups -OCH3 is 1. The fourth-order valence-corrected chi connectivity index (χ4v) is 4.73. The summed E-state index contributed by atoms with van der Waals surface area (Å²) in [6.45, 7) is 4.59. The minimum Gasteiger partial charge on any atom is -0.497 e. The van der Waals surface area contributed by atoms with Gasteiger partial charge in [0.2, 0.25) is 5.91 Å². The lowest BCUT2D eigenvalue weighted by atomic mass is 9.87. The first-order valence-electron chi connectivity index (χ1n) is 11.2. The van der Waals surface area contributed by atoms with Gasteiger partial charge in [0.25, 0.3) is 0 Å². The number of ether oxygens (including phenoxy) is 2. The molecule has 1 amide bonds. The normalized spacial score (nSPS) is 21.9.